The number of benzene rings is 1. The van der Waals surface area contributed by atoms with Gasteiger partial charge < -0.3 is 9.84 Å². The first kappa shape index (κ1) is 12.4. The molecule has 1 unspecified atom stereocenters. The molecule has 4 heteroatoms. The van der Waals surface area contributed by atoms with Gasteiger partial charge in [-0.25, -0.2) is 4.98 Å². The van der Waals surface area contributed by atoms with Crippen LogP contribution in [-0.2, 0) is 4.79 Å². The summed E-state index contributed by atoms with van der Waals surface area (Å²) in [6.45, 7) is 4.15. The van der Waals surface area contributed by atoms with Crippen molar-refractivity contribution in [2.45, 2.75) is 19.8 Å². The van der Waals surface area contributed by atoms with Crippen molar-refractivity contribution in [3.8, 4) is 5.88 Å². The lowest BCUT2D eigenvalue weighted by atomic mass is 9.99. The number of fused-ring (bicyclic) bond motifs is 1. The maximum Gasteiger partial charge on any atom is 0.310 e. The number of carboxylic acid groups (broad SMARTS) is 1. The van der Waals surface area contributed by atoms with E-state index >= 15 is 0 Å². The Morgan fingerprint density at radius 3 is 2.83 bits per heavy atom. The van der Waals surface area contributed by atoms with Crippen LogP contribution in [0.1, 0.15) is 25.3 Å². The second kappa shape index (κ2) is 5.04. The van der Waals surface area contributed by atoms with Crippen molar-refractivity contribution in [3.05, 3.63) is 35.9 Å². The minimum absolute atomic E-state index is 0.513. The van der Waals surface area contributed by atoms with Gasteiger partial charge in [-0.2, -0.15) is 0 Å². The number of hydrogen-bond donors (Lipinski definition) is 1. The zero-order valence-electron chi connectivity index (χ0n) is 10.4. The van der Waals surface area contributed by atoms with E-state index in [4.69, 9.17) is 9.84 Å². The third-order valence-corrected chi connectivity index (χ3v) is 2.85. The van der Waals surface area contributed by atoms with Gasteiger partial charge in [0, 0.05) is 11.5 Å². The van der Waals surface area contributed by atoms with E-state index in [0.29, 0.717) is 12.5 Å². The summed E-state index contributed by atoms with van der Waals surface area (Å²) in [5, 5.41) is 9.91. The van der Waals surface area contributed by atoms with Crippen LogP contribution in [0.3, 0.4) is 0 Å². The van der Waals surface area contributed by atoms with Gasteiger partial charge in [-0.1, -0.05) is 6.07 Å². The Kier molecular flexibility index (Phi) is 3.46. The molecule has 0 fully saturated rings. The molecule has 0 aliphatic carbocycles. The van der Waals surface area contributed by atoms with Gasteiger partial charge in [0.05, 0.1) is 18.0 Å². The average molecular weight is 245 g/mol. The van der Waals surface area contributed by atoms with Crippen LogP contribution in [0.4, 0.5) is 0 Å². The van der Waals surface area contributed by atoms with Gasteiger partial charge in [-0.05, 0) is 37.6 Å². The van der Waals surface area contributed by atoms with Crippen molar-refractivity contribution in [3.63, 3.8) is 0 Å². The number of carboxylic acids is 1. The predicted octanol–water partition coefficient (Wildman–Crippen LogP) is 2.82. The standard InChI is InChI=1S/C14H15NO3/c1-3-18-13-7-5-11-8-10(9(2)14(16)17)4-6-12(11)15-13/h4-9H,3H2,1-2H3,(H,16,17). The molecule has 94 valence electrons. The summed E-state index contributed by atoms with van der Waals surface area (Å²) in [6.07, 6.45) is 0. The summed E-state index contributed by atoms with van der Waals surface area (Å²) >= 11 is 0. The highest BCUT2D eigenvalue weighted by molar-refractivity contribution is 5.83. The molecule has 0 saturated heterocycles. The Hall–Kier alpha value is -2.10. The maximum absolute atomic E-state index is 10.9. The number of carbonyl (C=O) groups is 1. The highest BCUT2D eigenvalue weighted by Gasteiger charge is 2.13. The van der Waals surface area contributed by atoms with Crippen LogP contribution in [0.5, 0.6) is 5.88 Å². The third-order valence-electron chi connectivity index (χ3n) is 2.85. The highest BCUT2D eigenvalue weighted by atomic mass is 16.5. The number of pyridine rings is 1. The molecule has 0 radical (unpaired) electrons. The number of aliphatic carboxylic acids is 1. The van der Waals surface area contributed by atoms with E-state index in [2.05, 4.69) is 4.98 Å². The topological polar surface area (TPSA) is 59.4 Å². The van der Waals surface area contributed by atoms with Gasteiger partial charge in [-0.15, -0.1) is 0 Å². The monoisotopic (exact) mass is 245 g/mol. The molecule has 0 amide bonds. The number of ether oxygens (including phenoxy) is 1. The second-order valence-corrected chi connectivity index (χ2v) is 4.09. The van der Waals surface area contributed by atoms with Gasteiger partial charge in [0.25, 0.3) is 0 Å². The zero-order chi connectivity index (χ0) is 13.1. The van der Waals surface area contributed by atoms with Crippen molar-refractivity contribution >= 4 is 16.9 Å². The molecule has 0 aliphatic rings. The fourth-order valence-electron chi connectivity index (χ4n) is 1.77. The minimum atomic E-state index is -0.826. The third kappa shape index (κ3) is 2.42. The molecule has 1 N–H and O–H groups in total. The summed E-state index contributed by atoms with van der Waals surface area (Å²) in [5.74, 6) is -0.752. The predicted molar refractivity (Wildman–Crippen MR) is 69.0 cm³/mol. The van der Waals surface area contributed by atoms with Gasteiger partial charge >= 0.3 is 5.97 Å². The molecule has 0 aliphatic heterocycles. The van der Waals surface area contributed by atoms with Crippen LogP contribution in [0.25, 0.3) is 10.9 Å². The second-order valence-electron chi connectivity index (χ2n) is 4.09. The lowest BCUT2D eigenvalue weighted by Crippen LogP contribution is -2.07. The summed E-state index contributed by atoms with van der Waals surface area (Å²) < 4.78 is 5.32. The van der Waals surface area contributed by atoms with Gasteiger partial charge in [-0.3, -0.25) is 4.79 Å². The maximum atomic E-state index is 10.9. The number of nitrogens with zero attached hydrogens (tertiary/aromatic N) is 1. The van der Waals surface area contributed by atoms with E-state index < -0.39 is 11.9 Å². The SMILES string of the molecule is CCOc1ccc2cc(C(C)C(=O)O)ccc2n1. The van der Waals surface area contributed by atoms with E-state index in [9.17, 15) is 4.79 Å². The van der Waals surface area contributed by atoms with Crippen molar-refractivity contribution in [1.82, 2.24) is 4.98 Å². The molecule has 0 spiro atoms. The Labute approximate surface area is 105 Å². The summed E-state index contributed by atoms with van der Waals surface area (Å²) in [5.41, 5.74) is 1.59. The molecule has 1 aromatic heterocycles. The number of rotatable bonds is 4. The first-order valence-electron chi connectivity index (χ1n) is 5.88. The summed E-state index contributed by atoms with van der Waals surface area (Å²) in [6, 6.07) is 9.17. The van der Waals surface area contributed by atoms with Crippen molar-refractivity contribution < 1.29 is 14.6 Å². The van der Waals surface area contributed by atoms with Crippen LogP contribution >= 0.6 is 0 Å². The molecule has 1 atom stereocenters. The minimum Gasteiger partial charge on any atom is -0.481 e. The van der Waals surface area contributed by atoms with Crippen LogP contribution in [-0.4, -0.2) is 22.7 Å². The fraction of sp³-hybridized carbons (Fsp3) is 0.286. The molecule has 0 bridgehead atoms. The molecular formula is C14H15NO3. The largest absolute Gasteiger partial charge is 0.481 e. The van der Waals surface area contributed by atoms with E-state index in [1.165, 1.54) is 0 Å². The molecular weight excluding hydrogens is 230 g/mol. The van der Waals surface area contributed by atoms with Gasteiger partial charge in [0.1, 0.15) is 0 Å². The lowest BCUT2D eigenvalue weighted by Gasteiger charge is -2.08. The number of aromatic nitrogens is 1. The van der Waals surface area contributed by atoms with Crippen molar-refractivity contribution in [2.75, 3.05) is 6.61 Å². The Bertz CT molecular complexity index is 580. The molecule has 1 heterocycles. The quantitative estimate of drug-likeness (QED) is 0.899. The Balaban J connectivity index is 2.41. The van der Waals surface area contributed by atoms with Gasteiger partial charge in [0.15, 0.2) is 0 Å². The summed E-state index contributed by atoms with van der Waals surface area (Å²) in [4.78, 5) is 15.3. The summed E-state index contributed by atoms with van der Waals surface area (Å²) in [7, 11) is 0. The van der Waals surface area contributed by atoms with E-state index in [1.807, 2.05) is 25.1 Å². The Morgan fingerprint density at radius 2 is 2.17 bits per heavy atom. The Morgan fingerprint density at radius 1 is 1.39 bits per heavy atom. The zero-order valence-corrected chi connectivity index (χ0v) is 10.4. The van der Waals surface area contributed by atoms with Crippen LogP contribution in [0.15, 0.2) is 30.3 Å². The molecule has 1 aromatic carbocycles. The molecule has 0 saturated carbocycles. The van der Waals surface area contributed by atoms with E-state index in [0.717, 1.165) is 16.5 Å². The molecule has 2 rings (SSSR count). The van der Waals surface area contributed by atoms with Crippen LogP contribution in [0, 0.1) is 0 Å². The highest BCUT2D eigenvalue weighted by Crippen LogP contribution is 2.22. The van der Waals surface area contributed by atoms with E-state index in [1.54, 1.807) is 19.1 Å². The van der Waals surface area contributed by atoms with Crippen LogP contribution < -0.4 is 4.74 Å². The molecule has 2 aromatic rings. The smallest absolute Gasteiger partial charge is 0.310 e. The van der Waals surface area contributed by atoms with E-state index in [-0.39, 0.29) is 0 Å². The lowest BCUT2D eigenvalue weighted by molar-refractivity contribution is -0.138. The fourth-order valence-corrected chi connectivity index (χ4v) is 1.77. The first-order chi connectivity index (χ1) is 8.61. The van der Waals surface area contributed by atoms with Gasteiger partial charge in [0.2, 0.25) is 5.88 Å². The first-order valence-corrected chi connectivity index (χ1v) is 5.88. The molecule has 4 nitrogen and oxygen atoms in total. The average Bonchev–Trinajstić information content (AvgIpc) is 2.37. The normalized spacial score (nSPS) is 12.3. The van der Waals surface area contributed by atoms with Crippen molar-refractivity contribution in [1.29, 1.82) is 0 Å². The molecule has 18 heavy (non-hydrogen) atoms. The number of hydrogen-bond acceptors (Lipinski definition) is 3. The van der Waals surface area contributed by atoms with Crippen molar-refractivity contribution in [2.24, 2.45) is 0 Å². The van der Waals surface area contributed by atoms with Crippen LogP contribution in [0.2, 0.25) is 0 Å².